The monoisotopic (exact) mass is 847 g/mol. The Morgan fingerprint density at radius 1 is 0.523 bits per heavy atom. The fraction of sp³-hybridized carbons (Fsp3) is 0.190. The molecular weight excluding hydrogens is 787 g/mol. The van der Waals surface area contributed by atoms with Crippen molar-refractivity contribution in [3.05, 3.63) is 238 Å². The second-order valence-electron chi connectivity index (χ2n) is 18.0. The van der Waals surface area contributed by atoms with Crippen LogP contribution in [0.25, 0.3) is 54.6 Å². The van der Waals surface area contributed by atoms with E-state index in [1.54, 1.807) is 0 Å². The van der Waals surface area contributed by atoms with Crippen LogP contribution >= 0.6 is 0 Å². The third-order valence-electron chi connectivity index (χ3n) is 12.5. The predicted octanol–water partition coefficient (Wildman–Crippen LogP) is 17.7. The summed E-state index contributed by atoms with van der Waals surface area (Å²) in [5.74, 6) is 0.544. The zero-order valence-corrected chi connectivity index (χ0v) is 39.5. The van der Waals surface area contributed by atoms with E-state index in [0.29, 0.717) is 5.92 Å². The lowest BCUT2D eigenvalue weighted by molar-refractivity contribution is 0.659. The molecule has 0 amide bonds. The molecule has 1 aliphatic carbocycles. The molecule has 0 N–H and O–H groups in total. The van der Waals surface area contributed by atoms with E-state index in [4.69, 9.17) is 9.68 Å². The molecule has 2 heteroatoms. The number of fused-ring (bicyclic) bond motifs is 9. The van der Waals surface area contributed by atoms with Crippen molar-refractivity contribution in [1.29, 1.82) is 5.26 Å². The summed E-state index contributed by atoms with van der Waals surface area (Å²) in [4.78, 5) is 0. The van der Waals surface area contributed by atoms with Gasteiger partial charge in [-0.15, -0.1) is 0 Å². The first-order chi connectivity index (χ1) is 31.4. The van der Waals surface area contributed by atoms with Crippen LogP contribution in [0.1, 0.15) is 90.6 Å². The first kappa shape index (κ1) is 45.8. The van der Waals surface area contributed by atoms with E-state index in [1.807, 2.05) is 60.7 Å². The number of rotatable bonds is 2. The molecule has 0 bridgehead atoms. The molecule has 0 spiro atoms. The van der Waals surface area contributed by atoms with Crippen LogP contribution in [0.3, 0.4) is 0 Å². The molecule has 1 aromatic heterocycles. The molecule has 10 aromatic rings. The lowest BCUT2D eigenvalue weighted by Gasteiger charge is -2.22. The lowest BCUT2D eigenvalue weighted by atomic mass is 9.81. The summed E-state index contributed by atoms with van der Waals surface area (Å²) in [6.45, 7) is 19.8. The van der Waals surface area contributed by atoms with Gasteiger partial charge in [-0.25, -0.2) is 0 Å². The summed E-state index contributed by atoms with van der Waals surface area (Å²) in [7, 11) is 0. The molecule has 65 heavy (non-hydrogen) atoms. The van der Waals surface area contributed by atoms with Crippen LogP contribution in [0.4, 0.5) is 0 Å². The Morgan fingerprint density at radius 3 is 1.78 bits per heavy atom. The highest BCUT2D eigenvalue weighted by molar-refractivity contribution is 6.07. The summed E-state index contributed by atoms with van der Waals surface area (Å²) in [5.41, 5.74) is 16.6. The van der Waals surface area contributed by atoms with Crippen LogP contribution in [-0.2, 0) is 11.8 Å². The Labute approximate surface area is 386 Å². The Kier molecular flexibility index (Phi) is 14.5. The highest BCUT2D eigenvalue weighted by Crippen LogP contribution is 2.52. The van der Waals surface area contributed by atoms with E-state index in [2.05, 4.69) is 196 Å². The van der Waals surface area contributed by atoms with Gasteiger partial charge in [0.05, 0.1) is 11.6 Å². The molecule has 9 aromatic carbocycles. The minimum atomic E-state index is 0.0888. The number of hydrogen-bond acceptors (Lipinski definition) is 2. The number of aryl methyl sites for hydroxylation is 5. The maximum Gasteiger partial charge on any atom is 0.135 e. The molecule has 0 saturated carbocycles. The molecule has 1 aliphatic rings. The smallest absolute Gasteiger partial charge is 0.135 e. The highest BCUT2D eigenvalue weighted by Gasteiger charge is 2.36. The minimum absolute atomic E-state index is 0.0888. The van der Waals surface area contributed by atoms with Crippen LogP contribution in [0.2, 0.25) is 0 Å². The molecule has 1 heterocycles. The van der Waals surface area contributed by atoms with Gasteiger partial charge in [0.15, 0.2) is 0 Å². The SMILES string of the molecule is CC(C)c1ccc(C#N)cc1.CCc1cccc2oc3ccccc3c12.Cc1ccc2c(c1)C(C)(C)c1cc(C)c3ccccc3c1-2.Cc1ccc2ccccc2c1.Cc1ccccc1. The molecular formula is C63H61NO. The zero-order valence-electron chi connectivity index (χ0n) is 39.5. The Hall–Kier alpha value is -7.21. The molecule has 0 atom stereocenters. The molecule has 2 nitrogen and oxygen atoms in total. The van der Waals surface area contributed by atoms with Gasteiger partial charge >= 0.3 is 0 Å². The molecule has 11 rings (SSSR count). The number of nitriles is 1. The van der Waals surface area contributed by atoms with Crippen molar-refractivity contribution >= 4 is 43.5 Å². The van der Waals surface area contributed by atoms with Crippen LogP contribution < -0.4 is 0 Å². The normalized spacial score (nSPS) is 11.8. The van der Waals surface area contributed by atoms with Gasteiger partial charge in [-0.3, -0.25) is 0 Å². The molecule has 0 aliphatic heterocycles. The molecule has 324 valence electrons. The van der Waals surface area contributed by atoms with E-state index < -0.39 is 0 Å². The van der Waals surface area contributed by atoms with Crippen molar-refractivity contribution in [3.8, 4) is 17.2 Å². The summed E-state index contributed by atoms with van der Waals surface area (Å²) < 4.78 is 5.79. The lowest BCUT2D eigenvalue weighted by Crippen LogP contribution is -2.15. The van der Waals surface area contributed by atoms with Gasteiger partial charge < -0.3 is 4.42 Å². The summed E-state index contributed by atoms with van der Waals surface area (Å²) in [6, 6.07) is 67.6. The van der Waals surface area contributed by atoms with Gasteiger partial charge in [-0.1, -0.05) is 215 Å². The van der Waals surface area contributed by atoms with Crippen LogP contribution in [-0.4, -0.2) is 0 Å². The first-order valence-corrected chi connectivity index (χ1v) is 22.9. The van der Waals surface area contributed by atoms with Crippen molar-refractivity contribution in [1.82, 2.24) is 0 Å². The van der Waals surface area contributed by atoms with Gasteiger partial charge in [-0.2, -0.15) is 5.26 Å². The fourth-order valence-electron chi connectivity index (χ4n) is 8.81. The average molecular weight is 848 g/mol. The summed E-state index contributed by atoms with van der Waals surface area (Å²) in [5, 5.41) is 16.4. The van der Waals surface area contributed by atoms with Gasteiger partial charge in [0.25, 0.3) is 0 Å². The molecule has 0 unspecified atom stereocenters. The fourth-order valence-corrected chi connectivity index (χ4v) is 8.81. The van der Waals surface area contributed by atoms with Crippen LogP contribution in [0.15, 0.2) is 192 Å². The van der Waals surface area contributed by atoms with Crippen molar-refractivity contribution in [2.24, 2.45) is 0 Å². The van der Waals surface area contributed by atoms with E-state index >= 15 is 0 Å². The van der Waals surface area contributed by atoms with Gasteiger partial charge in [0, 0.05) is 16.2 Å². The highest BCUT2D eigenvalue weighted by atomic mass is 16.3. The standard InChI is InChI=1S/C21H20.C14H12O.C11H10.C10H11N.C7H8/c1-13-9-10-17-18(11-13)21(3,4)19-12-14(2)15-7-5-6-8-16(15)20(17)19;1-2-10-6-5-9-13-14(10)11-7-3-4-8-12(11)15-13;1-9-6-7-10-4-2-3-5-11(10)8-9;1-8(2)10-5-3-9(7-11)4-6-10;1-7-5-3-2-4-6-7/h5-12H,1-4H3;3-9H,2H2,1H3;2-8H,1H3;3-6,8H,1-2H3;2-6H,1H3. The zero-order chi connectivity index (χ0) is 46.1. The van der Waals surface area contributed by atoms with Crippen molar-refractivity contribution in [2.75, 3.05) is 0 Å². The van der Waals surface area contributed by atoms with E-state index in [1.165, 1.54) is 88.0 Å². The average Bonchev–Trinajstić information content (AvgIpc) is 3.82. The quantitative estimate of drug-likeness (QED) is 0.174. The number of hydrogen-bond donors (Lipinski definition) is 0. The van der Waals surface area contributed by atoms with Crippen molar-refractivity contribution in [3.63, 3.8) is 0 Å². The third-order valence-corrected chi connectivity index (χ3v) is 12.5. The molecule has 0 fully saturated rings. The number of para-hydroxylation sites is 1. The van der Waals surface area contributed by atoms with Crippen LogP contribution in [0.5, 0.6) is 0 Å². The summed E-state index contributed by atoms with van der Waals surface area (Å²) >= 11 is 0. The van der Waals surface area contributed by atoms with Crippen LogP contribution in [0, 0.1) is 39.0 Å². The number of benzene rings is 9. The first-order valence-electron chi connectivity index (χ1n) is 22.9. The van der Waals surface area contributed by atoms with E-state index in [9.17, 15) is 0 Å². The maximum absolute atomic E-state index is 8.52. The predicted molar refractivity (Wildman–Crippen MR) is 279 cm³/mol. The van der Waals surface area contributed by atoms with Gasteiger partial charge in [0.1, 0.15) is 11.2 Å². The Balaban J connectivity index is 0.000000127. The third kappa shape index (κ3) is 10.4. The molecule has 0 radical (unpaired) electrons. The Morgan fingerprint density at radius 2 is 1.12 bits per heavy atom. The topological polar surface area (TPSA) is 36.9 Å². The number of nitrogens with zero attached hydrogens (tertiary/aromatic N) is 1. The maximum atomic E-state index is 8.52. The van der Waals surface area contributed by atoms with Gasteiger partial charge in [-0.05, 0) is 125 Å². The van der Waals surface area contributed by atoms with Gasteiger partial charge in [0.2, 0.25) is 0 Å². The number of furan rings is 1. The summed E-state index contributed by atoms with van der Waals surface area (Å²) in [6.07, 6.45) is 1.04. The van der Waals surface area contributed by atoms with E-state index in [-0.39, 0.29) is 5.41 Å². The Bertz CT molecular complexity index is 3230. The minimum Gasteiger partial charge on any atom is -0.456 e. The van der Waals surface area contributed by atoms with E-state index in [0.717, 1.165) is 23.2 Å². The second kappa shape index (κ2) is 20.5. The van der Waals surface area contributed by atoms with Crippen molar-refractivity contribution in [2.45, 2.75) is 80.1 Å². The van der Waals surface area contributed by atoms with Crippen molar-refractivity contribution < 1.29 is 4.42 Å². The second-order valence-corrected chi connectivity index (χ2v) is 18.0. The largest absolute Gasteiger partial charge is 0.456 e. The molecule has 0 saturated heterocycles.